The average Bonchev–Trinajstić information content (AvgIpc) is 2.23. The van der Waals surface area contributed by atoms with Gasteiger partial charge in [0.05, 0.1) is 5.75 Å². The van der Waals surface area contributed by atoms with E-state index in [0.717, 1.165) is 6.26 Å². The van der Waals surface area contributed by atoms with Crippen LogP contribution in [-0.2, 0) is 9.84 Å². The summed E-state index contributed by atoms with van der Waals surface area (Å²) in [4.78, 5) is 25.4. The molecule has 0 aliphatic carbocycles. The maximum Gasteiger partial charge on any atom is 0.256 e. The first kappa shape index (κ1) is 13.4. The molecule has 94 valence electrons. The molecule has 0 saturated carbocycles. The molecule has 0 saturated heterocycles. The molecular weight excluding hydrogens is 244 g/mol. The van der Waals surface area contributed by atoms with Crippen molar-refractivity contribution >= 4 is 15.7 Å². The second-order valence-corrected chi connectivity index (χ2v) is 5.92. The Morgan fingerprint density at radius 1 is 1.47 bits per heavy atom. The smallest absolute Gasteiger partial charge is 0.256 e. The first-order valence-electron chi connectivity index (χ1n) is 5.03. The van der Waals surface area contributed by atoms with E-state index in [1.165, 1.54) is 18.5 Å². The number of hydrogen-bond donors (Lipinski definition) is 2. The van der Waals surface area contributed by atoms with Crippen molar-refractivity contribution in [3.05, 3.63) is 34.2 Å². The Labute approximate surface area is 99.0 Å². The van der Waals surface area contributed by atoms with Crippen LogP contribution < -0.4 is 10.7 Å². The standard InChI is InChI=1S/C10H14N2O4S/c1-17(15,16)6-2-4-12-10(14)8-7-11-5-3-9(8)13/h3,5,7H,2,4,6H2,1H3,(H,11,13)(H,12,14). The van der Waals surface area contributed by atoms with E-state index in [2.05, 4.69) is 10.3 Å². The molecule has 17 heavy (non-hydrogen) atoms. The molecule has 0 radical (unpaired) electrons. The van der Waals surface area contributed by atoms with Gasteiger partial charge in [0.1, 0.15) is 15.4 Å². The summed E-state index contributed by atoms with van der Waals surface area (Å²) in [6.45, 7) is 0.222. The lowest BCUT2D eigenvalue weighted by atomic mass is 10.2. The molecule has 0 spiro atoms. The second-order valence-electron chi connectivity index (χ2n) is 3.66. The van der Waals surface area contributed by atoms with Crippen LogP contribution >= 0.6 is 0 Å². The fourth-order valence-corrected chi connectivity index (χ4v) is 1.89. The van der Waals surface area contributed by atoms with Crippen LogP contribution in [0.1, 0.15) is 16.8 Å². The van der Waals surface area contributed by atoms with Gasteiger partial charge in [0.15, 0.2) is 5.43 Å². The molecule has 0 fully saturated rings. The molecule has 2 N–H and O–H groups in total. The van der Waals surface area contributed by atoms with E-state index in [1.807, 2.05) is 0 Å². The Hall–Kier alpha value is -1.63. The summed E-state index contributed by atoms with van der Waals surface area (Å²) < 4.78 is 21.7. The third-order valence-electron chi connectivity index (χ3n) is 2.05. The zero-order valence-electron chi connectivity index (χ0n) is 9.39. The first-order valence-corrected chi connectivity index (χ1v) is 7.09. The minimum Gasteiger partial charge on any atom is -0.367 e. The van der Waals surface area contributed by atoms with Gasteiger partial charge in [0.25, 0.3) is 5.91 Å². The molecule has 0 unspecified atom stereocenters. The van der Waals surface area contributed by atoms with Gasteiger partial charge in [-0.25, -0.2) is 8.42 Å². The summed E-state index contributed by atoms with van der Waals surface area (Å²) in [5.74, 6) is -0.487. The van der Waals surface area contributed by atoms with Crippen molar-refractivity contribution in [3.8, 4) is 0 Å². The minimum atomic E-state index is -3.01. The van der Waals surface area contributed by atoms with Crippen molar-refractivity contribution < 1.29 is 13.2 Å². The molecule has 6 nitrogen and oxygen atoms in total. The number of nitrogens with one attached hydrogen (secondary N) is 2. The predicted molar refractivity (Wildman–Crippen MR) is 63.7 cm³/mol. The highest BCUT2D eigenvalue weighted by atomic mass is 32.2. The number of carbonyl (C=O) groups excluding carboxylic acids is 1. The van der Waals surface area contributed by atoms with Crippen molar-refractivity contribution in [2.24, 2.45) is 0 Å². The number of H-pyrrole nitrogens is 1. The summed E-state index contributed by atoms with van der Waals surface area (Å²) in [5, 5.41) is 2.49. The maximum absolute atomic E-state index is 11.5. The van der Waals surface area contributed by atoms with E-state index in [1.54, 1.807) is 0 Å². The number of amides is 1. The number of aromatic nitrogens is 1. The van der Waals surface area contributed by atoms with Gasteiger partial charge < -0.3 is 10.3 Å². The van der Waals surface area contributed by atoms with Crippen molar-refractivity contribution in [1.82, 2.24) is 10.3 Å². The first-order chi connectivity index (χ1) is 7.90. The van der Waals surface area contributed by atoms with Crippen LogP contribution in [0.4, 0.5) is 0 Å². The zero-order valence-corrected chi connectivity index (χ0v) is 10.2. The Balaban J connectivity index is 2.47. The average molecular weight is 258 g/mol. The van der Waals surface area contributed by atoms with Crippen LogP contribution in [0.2, 0.25) is 0 Å². The highest BCUT2D eigenvalue weighted by Gasteiger charge is 2.09. The molecule has 1 aromatic rings. The lowest BCUT2D eigenvalue weighted by Crippen LogP contribution is -2.30. The second kappa shape index (κ2) is 5.62. The quantitative estimate of drug-likeness (QED) is 0.698. The van der Waals surface area contributed by atoms with E-state index in [9.17, 15) is 18.0 Å². The molecule has 0 atom stereocenters. The summed E-state index contributed by atoms with van der Waals surface area (Å²) in [7, 11) is -3.01. The summed E-state index contributed by atoms with van der Waals surface area (Å²) >= 11 is 0. The van der Waals surface area contributed by atoms with Gasteiger partial charge in [-0.2, -0.15) is 0 Å². The molecule has 0 bridgehead atoms. The normalized spacial score (nSPS) is 11.1. The van der Waals surface area contributed by atoms with Gasteiger partial charge in [0, 0.05) is 31.3 Å². The molecule has 0 aromatic carbocycles. The topological polar surface area (TPSA) is 96.1 Å². The number of hydrogen-bond acceptors (Lipinski definition) is 4. The minimum absolute atomic E-state index is 0.0123. The number of pyridine rings is 1. The molecular formula is C10H14N2O4S. The number of carbonyl (C=O) groups is 1. The van der Waals surface area contributed by atoms with Crippen LogP contribution in [0, 0.1) is 0 Å². The number of aromatic amines is 1. The zero-order chi connectivity index (χ0) is 12.9. The van der Waals surface area contributed by atoms with E-state index >= 15 is 0 Å². The van der Waals surface area contributed by atoms with Crippen molar-refractivity contribution in [2.75, 3.05) is 18.6 Å². The van der Waals surface area contributed by atoms with E-state index in [4.69, 9.17) is 0 Å². The SMILES string of the molecule is CS(=O)(=O)CCCNC(=O)c1c[nH]ccc1=O. The van der Waals surface area contributed by atoms with E-state index < -0.39 is 15.7 Å². The predicted octanol–water partition coefficient (Wildman–Crippen LogP) is -0.461. The van der Waals surface area contributed by atoms with Crippen LogP contribution in [0.25, 0.3) is 0 Å². The summed E-state index contributed by atoms with van der Waals surface area (Å²) in [6, 6.07) is 1.26. The largest absolute Gasteiger partial charge is 0.367 e. The molecule has 1 rings (SSSR count). The Kier molecular flexibility index (Phi) is 4.45. The Morgan fingerprint density at radius 2 is 2.18 bits per heavy atom. The summed E-state index contributed by atoms with van der Waals surface area (Å²) in [6.07, 6.45) is 4.21. The molecule has 1 heterocycles. The Morgan fingerprint density at radius 3 is 2.76 bits per heavy atom. The third kappa shape index (κ3) is 4.81. The fraction of sp³-hybridized carbons (Fsp3) is 0.400. The highest BCUT2D eigenvalue weighted by Crippen LogP contribution is 1.90. The maximum atomic E-state index is 11.5. The van der Waals surface area contributed by atoms with Crippen molar-refractivity contribution in [2.45, 2.75) is 6.42 Å². The molecule has 1 amide bonds. The molecule has 7 heteroatoms. The fourth-order valence-electron chi connectivity index (χ4n) is 1.23. The lowest BCUT2D eigenvalue weighted by molar-refractivity contribution is 0.0952. The molecule has 0 aliphatic rings. The van der Waals surface area contributed by atoms with E-state index in [0.29, 0.717) is 6.42 Å². The molecule has 1 aromatic heterocycles. The van der Waals surface area contributed by atoms with Crippen molar-refractivity contribution in [3.63, 3.8) is 0 Å². The monoisotopic (exact) mass is 258 g/mol. The Bertz CT molecular complexity index is 547. The summed E-state index contributed by atoms with van der Waals surface area (Å²) in [5.41, 5.74) is -0.351. The van der Waals surface area contributed by atoms with Gasteiger partial charge in [-0.05, 0) is 6.42 Å². The van der Waals surface area contributed by atoms with Crippen molar-refractivity contribution in [1.29, 1.82) is 0 Å². The lowest BCUT2D eigenvalue weighted by Gasteiger charge is -2.03. The number of sulfone groups is 1. The van der Waals surface area contributed by atoms with Crippen LogP contribution in [-0.4, -0.2) is 37.9 Å². The third-order valence-corrected chi connectivity index (χ3v) is 3.08. The van der Waals surface area contributed by atoms with E-state index in [-0.39, 0.29) is 23.3 Å². The highest BCUT2D eigenvalue weighted by molar-refractivity contribution is 7.90. The molecule has 0 aliphatic heterocycles. The van der Waals surface area contributed by atoms with Gasteiger partial charge in [-0.15, -0.1) is 0 Å². The van der Waals surface area contributed by atoms with Gasteiger partial charge in [0.2, 0.25) is 0 Å². The van der Waals surface area contributed by atoms with Gasteiger partial charge in [-0.1, -0.05) is 0 Å². The van der Waals surface area contributed by atoms with Gasteiger partial charge >= 0.3 is 0 Å². The number of rotatable bonds is 5. The van der Waals surface area contributed by atoms with Gasteiger partial charge in [-0.3, -0.25) is 9.59 Å². The van der Waals surface area contributed by atoms with Crippen LogP contribution in [0.3, 0.4) is 0 Å². The van der Waals surface area contributed by atoms with Crippen LogP contribution in [0.15, 0.2) is 23.3 Å². The van der Waals surface area contributed by atoms with Crippen LogP contribution in [0.5, 0.6) is 0 Å².